The summed E-state index contributed by atoms with van der Waals surface area (Å²) in [4.78, 5) is 15.4. The van der Waals surface area contributed by atoms with Gasteiger partial charge in [-0.2, -0.15) is 5.10 Å². The molecule has 2 heterocycles. The van der Waals surface area contributed by atoms with Crippen LogP contribution in [0.5, 0.6) is 0 Å². The van der Waals surface area contributed by atoms with Gasteiger partial charge in [-0.3, -0.25) is 9.48 Å². The third-order valence-corrected chi connectivity index (χ3v) is 6.88. The van der Waals surface area contributed by atoms with Crippen molar-refractivity contribution < 1.29 is 14.6 Å². The van der Waals surface area contributed by atoms with Crippen molar-refractivity contribution in [3.63, 3.8) is 0 Å². The molecule has 1 amide bonds. The predicted octanol–water partition coefficient (Wildman–Crippen LogP) is 4.06. The van der Waals surface area contributed by atoms with Crippen LogP contribution in [0.4, 0.5) is 5.69 Å². The van der Waals surface area contributed by atoms with Crippen molar-refractivity contribution >= 4 is 11.6 Å². The second-order valence-electron chi connectivity index (χ2n) is 10.6. The number of likely N-dealkylation sites (tertiary alicyclic amines) is 1. The van der Waals surface area contributed by atoms with Gasteiger partial charge in [0.05, 0.1) is 31.1 Å². The van der Waals surface area contributed by atoms with E-state index in [1.807, 2.05) is 85.6 Å². The first-order valence-corrected chi connectivity index (χ1v) is 13.9. The van der Waals surface area contributed by atoms with E-state index in [1.165, 1.54) is 0 Å². The van der Waals surface area contributed by atoms with Gasteiger partial charge >= 0.3 is 0 Å². The maximum absolute atomic E-state index is 13.5. The smallest absolute Gasteiger partial charge is 0.252 e. The van der Waals surface area contributed by atoms with Gasteiger partial charge in [0.25, 0.3) is 5.91 Å². The fourth-order valence-electron chi connectivity index (χ4n) is 4.47. The van der Waals surface area contributed by atoms with Crippen LogP contribution in [0, 0.1) is 0 Å². The van der Waals surface area contributed by atoms with E-state index in [1.54, 1.807) is 10.9 Å². The average molecular weight is 561 g/mol. The fraction of sp³-hybridized carbons (Fsp3) is 0.375. The number of nitrogens with two attached hydrogens (primary N) is 1. The monoisotopic (exact) mass is 560 g/mol. The van der Waals surface area contributed by atoms with Crippen LogP contribution in [-0.4, -0.2) is 64.1 Å². The second-order valence-corrected chi connectivity index (χ2v) is 10.6. The number of anilines is 1. The van der Waals surface area contributed by atoms with Crippen LogP contribution < -0.4 is 16.4 Å². The van der Waals surface area contributed by atoms with E-state index in [4.69, 9.17) is 15.6 Å². The van der Waals surface area contributed by atoms with Crippen molar-refractivity contribution in [1.82, 2.24) is 20.0 Å². The quantitative estimate of drug-likeness (QED) is 0.249. The van der Waals surface area contributed by atoms with Gasteiger partial charge in [0.15, 0.2) is 6.04 Å². The number of aliphatic hydroxyl groups excluding tert-OH is 1. The van der Waals surface area contributed by atoms with Gasteiger partial charge < -0.3 is 31.1 Å². The minimum Gasteiger partial charge on any atom is -0.400 e. The van der Waals surface area contributed by atoms with E-state index in [0.717, 1.165) is 49.9 Å². The summed E-state index contributed by atoms with van der Waals surface area (Å²) in [6, 6.07) is 19.0. The third-order valence-electron chi connectivity index (χ3n) is 6.88. The Balaban J connectivity index is 0.00000226. The molecule has 0 aliphatic carbocycles. The molecule has 9 heteroatoms. The second kappa shape index (κ2) is 15.2. The minimum absolute atomic E-state index is 0.0579. The average Bonchev–Trinajstić information content (AvgIpc) is 3.67. The lowest BCUT2D eigenvalue weighted by Gasteiger charge is -2.30. The lowest BCUT2D eigenvalue weighted by atomic mass is 10.0. The Morgan fingerprint density at radius 3 is 2.29 bits per heavy atom. The number of nitrogens with one attached hydrogen (secondary N) is 2. The number of aromatic nitrogens is 2. The van der Waals surface area contributed by atoms with Crippen molar-refractivity contribution in [2.45, 2.75) is 50.9 Å². The Labute approximate surface area is 243 Å². The molecule has 0 radical (unpaired) electrons. The first kappa shape index (κ1) is 31.6. The number of carbonyl (C=O) groups excluding carboxylic acids is 1. The molecule has 5 N–H and O–H groups in total. The van der Waals surface area contributed by atoms with E-state index in [0.29, 0.717) is 24.6 Å². The zero-order valence-corrected chi connectivity index (χ0v) is 24.4. The van der Waals surface area contributed by atoms with Gasteiger partial charge in [0, 0.05) is 43.3 Å². The number of hydrogen-bond donors (Lipinski definition) is 4. The molecule has 1 fully saturated rings. The van der Waals surface area contributed by atoms with Crippen molar-refractivity contribution in [3.05, 3.63) is 109 Å². The van der Waals surface area contributed by atoms with E-state index in [-0.39, 0.29) is 11.9 Å². The van der Waals surface area contributed by atoms with Crippen molar-refractivity contribution in [1.29, 1.82) is 0 Å². The van der Waals surface area contributed by atoms with Gasteiger partial charge in [0.2, 0.25) is 0 Å². The Kier molecular flexibility index (Phi) is 11.7. The summed E-state index contributed by atoms with van der Waals surface area (Å²) in [6.07, 6.45) is 5.62. The van der Waals surface area contributed by atoms with Crippen molar-refractivity contribution in [2.24, 2.45) is 5.73 Å². The highest BCUT2D eigenvalue weighted by atomic mass is 16.5. The van der Waals surface area contributed by atoms with Crippen LogP contribution >= 0.6 is 0 Å². The maximum Gasteiger partial charge on any atom is 0.252 e. The molecule has 2 unspecified atom stereocenters. The topological polar surface area (TPSA) is 118 Å². The number of hydrogen-bond acceptors (Lipinski definition) is 7. The normalized spacial score (nSPS) is 14.4. The predicted molar refractivity (Wildman–Crippen MR) is 164 cm³/mol. The first-order valence-electron chi connectivity index (χ1n) is 13.9. The summed E-state index contributed by atoms with van der Waals surface area (Å²) in [5.41, 5.74) is 9.71. The van der Waals surface area contributed by atoms with Crippen LogP contribution in [0.1, 0.15) is 43.9 Å². The lowest BCUT2D eigenvalue weighted by Crippen LogP contribution is -2.46. The summed E-state index contributed by atoms with van der Waals surface area (Å²) in [5.74, 6) is 0.0579. The van der Waals surface area contributed by atoms with Crippen molar-refractivity contribution in [2.75, 3.05) is 32.1 Å². The number of amides is 1. The van der Waals surface area contributed by atoms with E-state index in [9.17, 15) is 4.79 Å². The Hall–Kier alpha value is -3.92. The molecule has 2 atom stereocenters. The number of benzene rings is 2. The molecule has 220 valence electrons. The molecule has 3 aromatic rings. The zero-order chi connectivity index (χ0) is 29.8. The van der Waals surface area contributed by atoms with Gasteiger partial charge in [-0.25, -0.2) is 0 Å². The van der Waals surface area contributed by atoms with Crippen LogP contribution in [-0.2, 0) is 16.1 Å². The maximum atomic E-state index is 13.5. The Bertz CT molecular complexity index is 1250. The van der Waals surface area contributed by atoms with Gasteiger partial charge in [-0.1, -0.05) is 73.8 Å². The molecule has 1 aliphatic rings. The molecule has 4 rings (SSSR count). The number of carbonyl (C=O) groups is 1. The summed E-state index contributed by atoms with van der Waals surface area (Å²) >= 11 is 0. The largest absolute Gasteiger partial charge is 0.400 e. The summed E-state index contributed by atoms with van der Waals surface area (Å²) < 4.78 is 7.75. The molecule has 1 aliphatic heterocycles. The molecule has 41 heavy (non-hydrogen) atoms. The first-order chi connectivity index (χ1) is 19.7. The molecule has 0 spiro atoms. The number of aliphatic hydroxyl groups is 1. The van der Waals surface area contributed by atoms with E-state index >= 15 is 0 Å². The molecule has 0 saturated carbocycles. The van der Waals surface area contributed by atoms with Crippen molar-refractivity contribution in [3.8, 4) is 0 Å². The van der Waals surface area contributed by atoms with Gasteiger partial charge in [0.1, 0.15) is 0 Å². The molecular formula is C32H44N6O3. The summed E-state index contributed by atoms with van der Waals surface area (Å²) in [5, 5.41) is 18.3. The van der Waals surface area contributed by atoms with Crippen LogP contribution in [0.25, 0.3) is 0 Å². The lowest BCUT2D eigenvalue weighted by molar-refractivity contribution is -0.132. The highest BCUT2D eigenvalue weighted by Crippen LogP contribution is 2.25. The number of nitrogens with zero attached hydrogens (tertiary/aromatic N) is 3. The molecule has 0 bridgehead atoms. The highest BCUT2D eigenvalue weighted by molar-refractivity contribution is 5.84. The third kappa shape index (κ3) is 9.04. The standard InChI is InChI=1S/C31H40N6O2.CH4O/c1-23(28(35-24(2)31(3,4)32)22-39-21-25-13-7-5-8-14-25)34-27-19-33-37(20-27)29(26-15-9-6-10-16-26)30(38)36-17-11-12-18-36;1-2/h5-10,13-16,19-20,28-29,34-35H,1-2,11-12,17-18,21-22,32H2,3-4H3;2H,1H3. The molecular weight excluding hydrogens is 516 g/mol. The van der Waals surface area contributed by atoms with Gasteiger partial charge in [-0.15, -0.1) is 0 Å². The minimum atomic E-state index is -0.623. The molecule has 2 aromatic carbocycles. The van der Waals surface area contributed by atoms with E-state index in [2.05, 4.69) is 28.9 Å². The Morgan fingerprint density at radius 1 is 1.07 bits per heavy atom. The fourth-order valence-corrected chi connectivity index (χ4v) is 4.47. The highest BCUT2D eigenvalue weighted by Gasteiger charge is 2.30. The summed E-state index contributed by atoms with van der Waals surface area (Å²) in [6.45, 7) is 14.6. The SMILES string of the molecule is C=C(Nc1cnn(C(C(=O)N2CCCC2)c2ccccc2)c1)C(COCc1ccccc1)NC(=C)C(C)(C)N.CO. The zero-order valence-electron chi connectivity index (χ0n) is 24.4. The van der Waals surface area contributed by atoms with Gasteiger partial charge in [-0.05, 0) is 37.8 Å². The summed E-state index contributed by atoms with van der Waals surface area (Å²) in [7, 11) is 1.00. The van der Waals surface area contributed by atoms with Crippen LogP contribution in [0.15, 0.2) is 97.6 Å². The van der Waals surface area contributed by atoms with E-state index < -0.39 is 11.6 Å². The molecule has 1 saturated heterocycles. The van der Waals surface area contributed by atoms with Crippen LogP contribution in [0.2, 0.25) is 0 Å². The molecule has 9 nitrogen and oxygen atoms in total. The number of ether oxygens (including phenoxy) is 1. The number of rotatable bonds is 13. The molecule has 1 aromatic heterocycles. The van der Waals surface area contributed by atoms with Crippen LogP contribution in [0.3, 0.4) is 0 Å². The Morgan fingerprint density at radius 2 is 1.68 bits per heavy atom.